The first-order valence-electron chi connectivity index (χ1n) is 5.21. The number of aromatic nitrogens is 2. The van der Waals surface area contributed by atoms with Gasteiger partial charge in [-0.05, 0) is 6.07 Å². The van der Waals surface area contributed by atoms with Crippen molar-refractivity contribution in [2.24, 2.45) is 5.73 Å². The highest BCUT2D eigenvalue weighted by atomic mass is 32.2. The number of nitrogens with two attached hydrogens (primary N) is 1. The topological polar surface area (TPSA) is 78.9 Å². The molecule has 1 atom stereocenters. The van der Waals surface area contributed by atoms with E-state index in [-0.39, 0.29) is 5.84 Å². The summed E-state index contributed by atoms with van der Waals surface area (Å²) in [4.78, 5) is 10.7. The summed E-state index contributed by atoms with van der Waals surface area (Å²) in [6.07, 6.45) is 1.66. The maximum Gasteiger partial charge on any atom is 0.226 e. The molecular weight excluding hydrogens is 222 g/mol. The third-order valence-electron chi connectivity index (χ3n) is 2.44. The van der Waals surface area contributed by atoms with Gasteiger partial charge >= 0.3 is 0 Å². The fourth-order valence-corrected chi connectivity index (χ4v) is 2.66. The smallest absolute Gasteiger partial charge is 0.226 e. The van der Waals surface area contributed by atoms with E-state index in [0.29, 0.717) is 16.9 Å². The highest BCUT2D eigenvalue weighted by Gasteiger charge is 2.19. The van der Waals surface area contributed by atoms with Crippen LogP contribution in [0.4, 0.5) is 5.95 Å². The molecule has 0 aliphatic carbocycles. The Morgan fingerprint density at radius 3 is 3.19 bits per heavy atom. The normalized spacial score (nSPS) is 20.8. The van der Waals surface area contributed by atoms with Gasteiger partial charge in [0, 0.05) is 30.3 Å². The predicted molar refractivity (Wildman–Crippen MR) is 67.2 cm³/mol. The van der Waals surface area contributed by atoms with Crippen molar-refractivity contribution in [2.45, 2.75) is 12.2 Å². The van der Waals surface area contributed by atoms with Crippen LogP contribution in [0.1, 0.15) is 12.6 Å². The molecule has 0 saturated carbocycles. The molecule has 1 saturated heterocycles. The molecule has 86 valence electrons. The molecule has 1 aliphatic rings. The van der Waals surface area contributed by atoms with Crippen molar-refractivity contribution in [3.05, 3.63) is 18.0 Å². The van der Waals surface area contributed by atoms with Gasteiger partial charge in [0.05, 0.1) is 0 Å². The van der Waals surface area contributed by atoms with E-state index in [1.54, 1.807) is 12.3 Å². The first kappa shape index (κ1) is 11.2. The standard InChI is InChI=1S/C10H15N5S/c1-7-6-15(4-5-16-7)10-13-3-2-8(14-10)9(11)12/h2-3,7H,4-6H2,1H3,(H3,11,12). The van der Waals surface area contributed by atoms with Crippen LogP contribution in [0.3, 0.4) is 0 Å². The van der Waals surface area contributed by atoms with Crippen LogP contribution in [0.5, 0.6) is 0 Å². The second-order valence-electron chi connectivity index (χ2n) is 3.78. The van der Waals surface area contributed by atoms with E-state index in [9.17, 15) is 0 Å². The zero-order chi connectivity index (χ0) is 11.5. The molecule has 0 aromatic carbocycles. The monoisotopic (exact) mass is 237 g/mol. The van der Waals surface area contributed by atoms with E-state index in [1.165, 1.54) is 0 Å². The number of rotatable bonds is 2. The van der Waals surface area contributed by atoms with Crippen LogP contribution in [0.15, 0.2) is 12.3 Å². The van der Waals surface area contributed by atoms with Crippen molar-refractivity contribution in [2.75, 3.05) is 23.7 Å². The first-order chi connectivity index (χ1) is 7.66. The van der Waals surface area contributed by atoms with Gasteiger partial charge in [-0.3, -0.25) is 5.41 Å². The SMILES string of the molecule is CC1CN(c2nccc(C(=N)N)n2)CCS1. The Kier molecular flexibility index (Phi) is 3.28. The summed E-state index contributed by atoms with van der Waals surface area (Å²) in [5.74, 6) is 1.76. The summed E-state index contributed by atoms with van der Waals surface area (Å²) in [6.45, 7) is 4.11. The van der Waals surface area contributed by atoms with E-state index in [0.717, 1.165) is 18.8 Å². The Labute approximate surface area is 99.0 Å². The largest absolute Gasteiger partial charge is 0.382 e. The Hall–Kier alpha value is -1.30. The average molecular weight is 237 g/mol. The number of hydrogen-bond donors (Lipinski definition) is 2. The molecule has 2 heterocycles. The highest BCUT2D eigenvalue weighted by molar-refractivity contribution is 8.00. The summed E-state index contributed by atoms with van der Waals surface area (Å²) < 4.78 is 0. The fraction of sp³-hybridized carbons (Fsp3) is 0.500. The molecule has 0 amide bonds. The number of anilines is 1. The van der Waals surface area contributed by atoms with Gasteiger partial charge in [-0.1, -0.05) is 6.92 Å². The van der Waals surface area contributed by atoms with Gasteiger partial charge in [0.2, 0.25) is 5.95 Å². The number of amidine groups is 1. The van der Waals surface area contributed by atoms with E-state index in [1.807, 2.05) is 11.8 Å². The lowest BCUT2D eigenvalue weighted by Crippen LogP contribution is -2.38. The molecule has 2 rings (SSSR count). The second kappa shape index (κ2) is 4.69. The van der Waals surface area contributed by atoms with Crippen molar-refractivity contribution in [1.29, 1.82) is 5.41 Å². The average Bonchev–Trinajstić information content (AvgIpc) is 2.29. The van der Waals surface area contributed by atoms with Gasteiger partial charge in [0.15, 0.2) is 0 Å². The van der Waals surface area contributed by atoms with Crippen molar-refractivity contribution >= 4 is 23.5 Å². The number of nitrogens with zero attached hydrogens (tertiary/aromatic N) is 3. The first-order valence-corrected chi connectivity index (χ1v) is 6.25. The molecule has 1 unspecified atom stereocenters. The molecule has 0 bridgehead atoms. The molecule has 1 aromatic heterocycles. The minimum Gasteiger partial charge on any atom is -0.382 e. The van der Waals surface area contributed by atoms with E-state index in [2.05, 4.69) is 21.8 Å². The van der Waals surface area contributed by atoms with Crippen LogP contribution in [-0.4, -0.2) is 39.9 Å². The number of hydrogen-bond acceptors (Lipinski definition) is 5. The molecule has 1 aliphatic heterocycles. The highest BCUT2D eigenvalue weighted by Crippen LogP contribution is 2.20. The lowest BCUT2D eigenvalue weighted by molar-refractivity contribution is 0.753. The van der Waals surface area contributed by atoms with Crippen LogP contribution in [-0.2, 0) is 0 Å². The molecular formula is C10H15N5S. The molecule has 0 radical (unpaired) electrons. The lowest BCUT2D eigenvalue weighted by Gasteiger charge is -2.30. The summed E-state index contributed by atoms with van der Waals surface area (Å²) in [7, 11) is 0. The van der Waals surface area contributed by atoms with Gasteiger partial charge in [-0.15, -0.1) is 0 Å². The number of thioether (sulfide) groups is 1. The third kappa shape index (κ3) is 2.44. The van der Waals surface area contributed by atoms with Crippen LogP contribution >= 0.6 is 11.8 Å². The Morgan fingerprint density at radius 2 is 2.50 bits per heavy atom. The molecule has 3 N–H and O–H groups in total. The van der Waals surface area contributed by atoms with Crippen LogP contribution in [0.2, 0.25) is 0 Å². The summed E-state index contributed by atoms with van der Waals surface area (Å²) in [6, 6.07) is 1.66. The molecule has 16 heavy (non-hydrogen) atoms. The molecule has 0 spiro atoms. The Balaban J connectivity index is 2.19. The van der Waals surface area contributed by atoms with Gasteiger partial charge in [-0.2, -0.15) is 11.8 Å². The molecule has 5 nitrogen and oxygen atoms in total. The zero-order valence-electron chi connectivity index (χ0n) is 9.18. The second-order valence-corrected chi connectivity index (χ2v) is 5.33. The Morgan fingerprint density at radius 1 is 1.69 bits per heavy atom. The minimum absolute atomic E-state index is 0.0110. The van der Waals surface area contributed by atoms with Crippen molar-refractivity contribution in [1.82, 2.24) is 9.97 Å². The van der Waals surface area contributed by atoms with Gasteiger partial charge < -0.3 is 10.6 Å². The van der Waals surface area contributed by atoms with Crippen molar-refractivity contribution < 1.29 is 0 Å². The quantitative estimate of drug-likeness (QED) is 0.585. The van der Waals surface area contributed by atoms with Crippen LogP contribution in [0.25, 0.3) is 0 Å². The molecule has 6 heteroatoms. The fourth-order valence-electron chi connectivity index (χ4n) is 1.65. The minimum atomic E-state index is -0.0110. The maximum absolute atomic E-state index is 7.35. The van der Waals surface area contributed by atoms with E-state index < -0.39 is 0 Å². The maximum atomic E-state index is 7.35. The van der Waals surface area contributed by atoms with Crippen molar-refractivity contribution in [3.63, 3.8) is 0 Å². The van der Waals surface area contributed by atoms with E-state index >= 15 is 0 Å². The van der Waals surface area contributed by atoms with Crippen LogP contribution < -0.4 is 10.6 Å². The summed E-state index contributed by atoms with van der Waals surface area (Å²) in [5, 5.41) is 7.95. The van der Waals surface area contributed by atoms with E-state index in [4.69, 9.17) is 11.1 Å². The Bertz CT molecular complexity index is 395. The van der Waals surface area contributed by atoms with Crippen LogP contribution in [0, 0.1) is 5.41 Å². The number of nitrogen functional groups attached to an aromatic ring is 1. The number of nitrogens with one attached hydrogen (secondary N) is 1. The zero-order valence-corrected chi connectivity index (χ0v) is 10.00. The lowest BCUT2D eigenvalue weighted by atomic mass is 10.3. The van der Waals surface area contributed by atoms with Gasteiger partial charge in [0.25, 0.3) is 0 Å². The predicted octanol–water partition coefficient (Wildman–Crippen LogP) is 0.702. The van der Waals surface area contributed by atoms with Gasteiger partial charge in [0.1, 0.15) is 11.5 Å². The molecule has 1 fully saturated rings. The third-order valence-corrected chi connectivity index (χ3v) is 3.58. The van der Waals surface area contributed by atoms with Gasteiger partial charge in [-0.25, -0.2) is 9.97 Å². The summed E-state index contributed by atoms with van der Waals surface area (Å²) >= 11 is 1.96. The van der Waals surface area contributed by atoms with Crippen molar-refractivity contribution in [3.8, 4) is 0 Å². The summed E-state index contributed by atoms with van der Waals surface area (Å²) in [5.41, 5.74) is 5.91. The molecule has 1 aromatic rings.